The summed E-state index contributed by atoms with van der Waals surface area (Å²) in [5.74, 6) is 0.816. The minimum absolute atomic E-state index is 0.486. The number of ether oxygens (including phenoxy) is 1. The van der Waals surface area contributed by atoms with Gasteiger partial charge in [-0.15, -0.1) is 0 Å². The first-order valence-electron chi connectivity index (χ1n) is 5.92. The van der Waals surface area contributed by atoms with Gasteiger partial charge in [0.2, 0.25) is 0 Å². The lowest BCUT2D eigenvalue weighted by atomic mass is 10.0. The number of hydrogen-bond acceptors (Lipinski definition) is 3. The van der Waals surface area contributed by atoms with Crippen LogP contribution in [0.15, 0.2) is 0 Å². The highest BCUT2D eigenvalue weighted by atomic mass is 16.5. The Kier molecular flexibility index (Phi) is 3.79. The number of hydrogen-bond donors (Lipinski definition) is 2. The average Bonchev–Trinajstić information content (AvgIpc) is 2.78. The summed E-state index contributed by atoms with van der Waals surface area (Å²) >= 11 is 0. The number of nitrogens with one attached hydrogen (secondary N) is 2. The van der Waals surface area contributed by atoms with E-state index < -0.39 is 0 Å². The fourth-order valence-corrected chi connectivity index (χ4v) is 2.43. The van der Waals surface area contributed by atoms with Crippen LogP contribution in [-0.2, 0) is 4.74 Å². The lowest BCUT2D eigenvalue weighted by molar-refractivity contribution is 0.109. The normalized spacial score (nSPS) is 37.9. The van der Waals surface area contributed by atoms with Crippen LogP contribution in [0.3, 0.4) is 0 Å². The van der Waals surface area contributed by atoms with Crippen LogP contribution < -0.4 is 10.6 Å². The Morgan fingerprint density at radius 3 is 2.93 bits per heavy atom. The maximum Gasteiger partial charge on any atom is 0.0700 e. The van der Waals surface area contributed by atoms with Crippen LogP contribution in [0.1, 0.15) is 26.2 Å². The molecule has 2 aliphatic rings. The largest absolute Gasteiger partial charge is 0.377 e. The molecule has 3 unspecified atom stereocenters. The molecule has 0 amide bonds. The SMILES string of the molecule is CC1NCCC1CNCC1CCCO1. The molecule has 0 bridgehead atoms. The molecular formula is C11H22N2O. The van der Waals surface area contributed by atoms with Gasteiger partial charge in [-0.2, -0.15) is 0 Å². The minimum atomic E-state index is 0.486. The molecule has 0 aromatic heterocycles. The van der Waals surface area contributed by atoms with Gasteiger partial charge in [-0.3, -0.25) is 0 Å². The van der Waals surface area contributed by atoms with Gasteiger partial charge in [-0.25, -0.2) is 0 Å². The summed E-state index contributed by atoms with van der Waals surface area (Å²) < 4.78 is 5.57. The fourth-order valence-electron chi connectivity index (χ4n) is 2.43. The first-order chi connectivity index (χ1) is 6.86. The molecule has 3 heteroatoms. The molecule has 0 aromatic carbocycles. The summed E-state index contributed by atoms with van der Waals surface area (Å²) in [6.07, 6.45) is 4.29. The van der Waals surface area contributed by atoms with E-state index in [1.807, 2.05) is 0 Å². The summed E-state index contributed by atoms with van der Waals surface area (Å²) in [6.45, 7) is 6.63. The van der Waals surface area contributed by atoms with Gasteiger partial charge in [0.25, 0.3) is 0 Å². The topological polar surface area (TPSA) is 33.3 Å². The second kappa shape index (κ2) is 5.10. The molecule has 0 aliphatic carbocycles. The van der Waals surface area contributed by atoms with Gasteiger partial charge in [-0.05, 0) is 45.2 Å². The van der Waals surface area contributed by atoms with Gasteiger partial charge in [0.05, 0.1) is 6.10 Å². The average molecular weight is 198 g/mol. The Balaban J connectivity index is 1.57. The Hall–Kier alpha value is -0.120. The smallest absolute Gasteiger partial charge is 0.0700 e. The van der Waals surface area contributed by atoms with Crippen LogP contribution in [0.2, 0.25) is 0 Å². The summed E-state index contributed by atoms with van der Waals surface area (Å²) in [5, 5.41) is 7.01. The van der Waals surface area contributed by atoms with Crippen LogP contribution in [0.5, 0.6) is 0 Å². The van der Waals surface area contributed by atoms with Crippen LogP contribution in [-0.4, -0.2) is 38.4 Å². The quantitative estimate of drug-likeness (QED) is 0.699. The van der Waals surface area contributed by atoms with E-state index in [4.69, 9.17) is 4.74 Å². The Morgan fingerprint density at radius 1 is 1.36 bits per heavy atom. The highest BCUT2D eigenvalue weighted by Crippen LogP contribution is 2.14. The maximum absolute atomic E-state index is 5.57. The molecule has 0 saturated carbocycles. The molecule has 2 heterocycles. The van der Waals surface area contributed by atoms with E-state index in [0.29, 0.717) is 12.1 Å². The zero-order valence-electron chi connectivity index (χ0n) is 9.09. The van der Waals surface area contributed by atoms with Crippen LogP contribution in [0.25, 0.3) is 0 Å². The van der Waals surface area contributed by atoms with E-state index >= 15 is 0 Å². The minimum Gasteiger partial charge on any atom is -0.377 e. The zero-order chi connectivity index (χ0) is 9.80. The van der Waals surface area contributed by atoms with E-state index in [1.165, 1.54) is 25.8 Å². The molecule has 2 aliphatic heterocycles. The standard InChI is InChI=1S/C11H22N2O/c1-9-10(4-5-13-9)7-12-8-11-3-2-6-14-11/h9-13H,2-8H2,1H3. The van der Waals surface area contributed by atoms with Crippen molar-refractivity contribution >= 4 is 0 Å². The first kappa shape index (κ1) is 10.4. The van der Waals surface area contributed by atoms with E-state index in [9.17, 15) is 0 Å². The molecule has 0 spiro atoms. The third kappa shape index (κ3) is 2.69. The van der Waals surface area contributed by atoms with Crippen molar-refractivity contribution in [2.45, 2.75) is 38.3 Å². The second-order valence-electron chi connectivity index (χ2n) is 4.58. The van der Waals surface area contributed by atoms with E-state index in [1.54, 1.807) is 0 Å². The maximum atomic E-state index is 5.57. The molecular weight excluding hydrogens is 176 g/mol. The molecule has 0 radical (unpaired) electrons. The van der Waals surface area contributed by atoms with Crippen molar-refractivity contribution in [2.24, 2.45) is 5.92 Å². The third-order valence-electron chi connectivity index (χ3n) is 3.49. The van der Waals surface area contributed by atoms with Crippen LogP contribution in [0.4, 0.5) is 0 Å². The van der Waals surface area contributed by atoms with Crippen LogP contribution >= 0.6 is 0 Å². The van der Waals surface area contributed by atoms with Gasteiger partial charge in [0.1, 0.15) is 0 Å². The molecule has 0 aromatic rings. The number of rotatable bonds is 4. The molecule has 2 fully saturated rings. The highest BCUT2D eigenvalue weighted by Gasteiger charge is 2.22. The van der Waals surface area contributed by atoms with Crippen molar-refractivity contribution in [2.75, 3.05) is 26.2 Å². The zero-order valence-corrected chi connectivity index (χ0v) is 9.09. The third-order valence-corrected chi connectivity index (χ3v) is 3.49. The molecule has 3 nitrogen and oxygen atoms in total. The summed E-state index contributed by atoms with van der Waals surface area (Å²) in [7, 11) is 0. The summed E-state index contributed by atoms with van der Waals surface area (Å²) in [4.78, 5) is 0. The van der Waals surface area contributed by atoms with Crippen molar-refractivity contribution < 1.29 is 4.74 Å². The van der Waals surface area contributed by atoms with Gasteiger partial charge in [0, 0.05) is 19.2 Å². The van der Waals surface area contributed by atoms with Gasteiger partial charge in [0.15, 0.2) is 0 Å². The Morgan fingerprint density at radius 2 is 2.29 bits per heavy atom. The van der Waals surface area contributed by atoms with Crippen LogP contribution in [0, 0.1) is 5.92 Å². The lowest BCUT2D eigenvalue weighted by Gasteiger charge is -2.17. The van der Waals surface area contributed by atoms with Crippen molar-refractivity contribution in [3.63, 3.8) is 0 Å². The molecule has 3 atom stereocenters. The summed E-state index contributed by atoms with van der Waals surface area (Å²) in [6, 6.07) is 0.687. The molecule has 2 rings (SSSR count). The predicted octanol–water partition coefficient (Wildman–Crippen LogP) is 0.753. The lowest BCUT2D eigenvalue weighted by Crippen LogP contribution is -2.34. The second-order valence-corrected chi connectivity index (χ2v) is 4.58. The Labute approximate surface area is 86.6 Å². The van der Waals surface area contributed by atoms with Crippen molar-refractivity contribution in [3.05, 3.63) is 0 Å². The van der Waals surface area contributed by atoms with E-state index in [-0.39, 0.29) is 0 Å². The monoisotopic (exact) mass is 198 g/mol. The van der Waals surface area contributed by atoms with E-state index in [0.717, 1.165) is 25.6 Å². The van der Waals surface area contributed by atoms with Gasteiger partial charge in [-0.1, -0.05) is 0 Å². The Bertz CT molecular complexity index is 169. The van der Waals surface area contributed by atoms with Crippen molar-refractivity contribution in [3.8, 4) is 0 Å². The first-order valence-corrected chi connectivity index (χ1v) is 5.92. The fraction of sp³-hybridized carbons (Fsp3) is 1.00. The van der Waals surface area contributed by atoms with E-state index in [2.05, 4.69) is 17.6 Å². The molecule has 82 valence electrons. The predicted molar refractivity (Wildman–Crippen MR) is 57.4 cm³/mol. The summed E-state index contributed by atoms with van der Waals surface area (Å²) in [5.41, 5.74) is 0. The highest BCUT2D eigenvalue weighted by molar-refractivity contribution is 4.82. The molecule has 2 saturated heterocycles. The molecule has 2 N–H and O–H groups in total. The molecule has 14 heavy (non-hydrogen) atoms. The van der Waals surface area contributed by atoms with Crippen molar-refractivity contribution in [1.29, 1.82) is 0 Å². The van der Waals surface area contributed by atoms with Gasteiger partial charge < -0.3 is 15.4 Å². The van der Waals surface area contributed by atoms with Crippen molar-refractivity contribution in [1.82, 2.24) is 10.6 Å². The van der Waals surface area contributed by atoms with Gasteiger partial charge >= 0.3 is 0 Å².